The van der Waals surface area contributed by atoms with Crippen molar-refractivity contribution in [1.82, 2.24) is 0 Å². The first-order valence-corrected chi connectivity index (χ1v) is 11.4. The van der Waals surface area contributed by atoms with Crippen LogP contribution in [0.15, 0.2) is 23.1 Å². The largest absolute Gasteiger partial charge is 0.501 e. The van der Waals surface area contributed by atoms with Crippen molar-refractivity contribution in [2.45, 2.75) is 49.3 Å². The molecule has 0 saturated carbocycles. The van der Waals surface area contributed by atoms with E-state index in [9.17, 15) is 31.7 Å². The number of nitro groups is 1. The van der Waals surface area contributed by atoms with E-state index in [0.717, 1.165) is 12.1 Å². The molecule has 24 heavy (non-hydrogen) atoms. The second-order valence-electron chi connectivity index (χ2n) is 6.89. The minimum Gasteiger partial charge on any atom is -0.405 e. The van der Waals surface area contributed by atoms with Crippen LogP contribution in [0.25, 0.3) is 0 Å². The quantitative estimate of drug-likeness (QED) is 0.475. The van der Waals surface area contributed by atoms with Crippen molar-refractivity contribution in [3.05, 3.63) is 28.3 Å². The van der Waals surface area contributed by atoms with Gasteiger partial charge in [0.05, 0.1) is 9.82 Å². The predicted octanol–water partition coefficient (Wildman–Crippen LogP) is 4.31. The molecule has 0 aromatic heterocycles. The lowest BCUT2D eigenvalue weighted by Gasteiger charge is -2.37. The van der Waals surface area contributed by atoms with E-state index in [4.69, 9.17) is 0 Å². The maximum Gasteiger partial charge on any atom is 0.501 e. The summed E-state index contributed by atoms with van der Waals surface area (Å²) in [6, 6.07) is 2.18. The van der Waals surface area contributed by atoms with Crippen molar-refractivity contribution in [2.24, 2.45) is 0 Å². The van der Waals surface area contributed by atoms with E-state index in [0.29, 0.717) is 6.07 Å². The molecule has 0 amide bonds. The number of rotatable bonds is 4. The van der Waals surface area contributed by atoms with Crippen LogP contribution in [0, 0.1) is 10.1 Å². The van der Waals surface area contributed by atoms with E-state index in [2.05, 4.69) is 4.98 Å². The number of alkyl halides is 3. The Labute approximate surface area is 139 Å². The number of halogens is 3. The number of benzene rings is 1. The van der Waals surface area contributed by atoms with Crippen molar-refractivity contribution in [3.63, 3.8) is 0 Å². The highest BCUT2D eigenvalue weighted by Crippen LogP contribution is 2.40. The van der Waals surface area contributed by atoms with E-state index in [1.165, 1.54) is 0 Å². The lowest BCUT2D eigenvalue weighted by molar-refractivity contribution is -0.384. The number of hydrogen-bond acceptors (Lipinski definition) is 5. The van der Waals surface area contributed by atoms with Crippen LogP contribution in [0.5, 0.6) is 0 Å². The molecule has 0 radical (unpaired) electrons. The summed E-state index contributed by atoms with van der Waals surface area (Å²) >= 11 is 0. The second kappa shape index (κ2) is 6.03. The van der Waals surface area contributed by atoms with Crippen LogP contribution in [0.2, 0.25) is 18.1 Å². The van der Waals surface area contributed by atoms with Crippen molar-refractivity contribution in [1.29, 1.82) is 0 Å². The third-order valence-electron chi connectivity index (χ3n) is 4.10. The summed E-state index contributed by atoms with van der Waals surface area (Å²) in [4.78, 5) is 12.2. The smallest absolute Gasteiger partial charge is 0.405 e. The molecule has 0 aliphatic rings. The Morgan fingerprint density at radius 2 is 1.67 bits per heavy atom. The highest BCUT2D eigenvalue weighted by Gasteiger charge is 2.47. The molecule has 1 aromatic carbocycles. The average Bonchev–Trinajstić information content (AvgIpc) is 2.35. The molecule has 0 fully saturated rings. The molecule has 1 rings (SSSR count). The van der Waals surface area contributed by atoms with Crippen LogP contribution < -0.4 is 4.98 Å². The fourth-order valence-corrected chi connectivity index (χ4v) is 3.63. The van der Waals surface area contributed by atoms with Gasteiger partial charge in [-0.05, 0) is 17.2 Å². The number of nitro benzene ring substituents is 1. The predicted molar refractivity (Wildman–Crippen MR) is 87.2 cm³/mol. The summed E-state index contributed by atoms with van der Waals surface area (Å²) in [5.41, 5.74) is -6.22. The van der Waals surface area contributed by atoms with Gasteiger partial charge < -0.3 is 4.98 Å². The van der Waals surface area contributed by atoms with Gasteiger partial charge in [-0.3, -0.25) is 10.1 Å². The Kier molecular flexibility index (Phi) is 5.13. The van der Waals surface area contributed by atoms with Crippen LogP contribution in [0.1, 0.15) is 20.8 Å². The Bertz CT molecular complexity index is 755. The molecule has 1 N–H and O–H groups in total. The zero-order valence-corrected chi connectivity index (χ0v) is 15.7. The lowest BCUT2D eigenvalue weighted by atomic mass is 10.2. The molecule has 136 valence electrons. The van der Waals surface area contributed by atoms with Gasteiger partial charge in [0.1, 0.15) is 5.69 Å². The van der Waals surface area contributed by atoms with Crippen LogP contribution in [-0.2, 0) is 9.84 Å². The van der Waals surface area contributed by atoms with Crippen LogP contribution in [0.4, 0.5) is 24.5 Å². The number of sulfone groups is 1. The summed E-state index contributed by atoms with van der Waals surface area (Å²) in [5, 5.41) is 11.0. The summed E-state index contributed by atoms with van der Waals surface area (Å²) < 4.78 is 60.7. The number of hydrogen-bond donors (Lipinski definition) is 1. The maximum absolute atomic E-state index is 12.6. The van der Waals surface area contributed by atoms with Gasteiger partial charge >= 0.3 is 5.51 Å². The van der Waals surface area contributed by atoms with E-state index < -0.39 is 39.1 Å². The van der Waals surface area contributed by atoms with Gasteiger partial charge in [0.15, 0.2) is 8.24 Å². The lowest BCUT2D eigenvalue weighted by Crippen LogP contribution is -2.46. The molecule has 6 nitrogen and oxygen atoms in total. The highest BCUT2D eigenvalue weighted by molar-refractivity contribution is 7.92. The summed E-state index contributed by atoms with van der Waals surface area (Å²) in [5.74, 6) is 0. The van der Waals surface area contributed by atoms with E-state index in [-0.39, 0.29) is 10.7 Å². The van der Waals surface area contributed by atoms with Crippen LogP contribution >= 0.6 is 0 Å². The number of nitrogens with zero attached hydrogens (tertiary/aromatic N) is 1. The third-order valence-corrected chi connectivity index (χ3v) is 10.2. The standard InChI is InChI=1S/C13H19F3N2O4SSi/c1-12(2,3)24(4,5)17-10-7-6-9(8-11(10)18(19)20)23(21,22)13(14,15)16/h6-8,17H,1-5H3. The first-order valence-electron chi connectivity index (χ1n) is 6.89. The molecular weight excluding hydrogens is 365 g/mol. The van der Waals surface area contributed by atoms with Gasteiger partial charge in [-0.1, -0.05) is 33.9 Å². The van der Waals surface area contributed by atoms with Gasteiger partial charge in [-0.25, -0.2) is 8.42 Å². The van der Waals surface area contributed by atoms with Gasteiger partial charge in [-0.2, -0.15) is 13.2 Å². The molecule has 0 saturated heterocycles. The van der Waals surface area contributed by atoms with Crippen molar-refractivity contribution in [3.8, 4) is 0 Å². The van der Waals surface area contributed by atoms with Gasteiger partial charge in [0, 0.05) is 6.07 Å². The molecule has 0 aliphatic heterocycles. The average molecular weight is 384 g/mol. The van der Waals surface area contributed by atoms with Gasteiger partial charge in [0.25, 0.3) is 15.5 Å². The summed E-state index contributed by atoms with van der Waals surface area (Å²) in [6.07, 6.45) is 0. The highest BCUT2D eigenvalue weighted by atomic mass is 32.2. The van der Waals surface area contributed by atoms with Crippen LogP contribution in [0.3, 0.4) is 0 Å². The Hall–Kier alpha value is -1.62. The molecule has 0 spiro atoms. The zero-order valence-electron chi connectivity index (χ0n) is 13.9. The number of nitrogens with one attached hydrogen (secondary N) is 1. The Morgan fingerprint density at radius 3 is 2.04 bits per heavy atom. The molecule has 0 aliphatic carbocycles. The minimum absolute atomic E-state index is 0.00714. The Morgan fingerprint density at radius 1 is 1.17 bits per heavy atom. The first kappa shape index (κ1) is 20.4. The molecule has 0 unspecified atom stereocenters. The van der Waals surface area contributed by atoms with Crippen molar-refractivity contribution in [2.75, 3.05) is 4.98 Å². The fraction of sp³-hybridized carbons (Fsp3) is 0.538. The number of anilines is 1. The SMILES string of the molecule is CC(C)(C)[Si](C)(C)Nc1ccc(S(=O)(=O)C(F)(F)F)cc1[N+](=O)[O-]. The van der Waals surface area contributed by atoms with Gasteiger partial charge in [0.2, 0.25) is 0 Å². The second-order valence-corrected chi connectivity index (χ2v) is 13.8. The van der Waals surface area contributed by atoms with E-state index in [1.807, 2.05) is 33.9 Å². The molecule has 0 heterocycles. The molecule has 0 bridgehead atoms. The van der Waals surface area contributed by atoms with Crippen molar-refractivity contribution >= 4 is 29.4 Å². The minimum atomic E-state index is -5.64. The van der Waals surface area contributed by atoms with Crippen LogP contribution in [-0.4, -0.2) is 27.1 Å². The maximum atomic E-state index is 12.6. The molecule has 11 heteroatoms. The molecule has 0 atom stereocenters. The van der Waals surface area contributed by atoms with E-state index >= 15 is 0 Å². The summed E-state index contributed by atoms with van der Waals surface area (Å²) in [7, 11) is -7.89. The first-order chi connectivity index (χ1) is 10.5. The van der Waals surface area contributed by atoms with Crippen molar-refractivity contribution < 1.29 is 26.5 Å². The molecule has 1 aromatic rings. The monoisotopic (exact) mass is 384 g/mol. The summed E-state index contributed by atoms with van der Waals surface area (Å²) in [6.45, 7) is 9.66. The Balaban J connectivity index is 3.46. The van der Waals surface area contributed by atoms with Gasteiger partial charge in [-0.15, -0.1) is 0 Å². The normalized spacial score (nSPS) is 13.7. The fourth-order valence-electron chi connectivity index (χ4n) is 1.59. The third kappa shape index (κ3) is 3.89. The topological polar surface area (TPSA) is 89.3 Å². The zero-order chi connectivity index (χ0) is 19.1. The molecular formula is C13H19F3N2O4SSi. The van der Waals surface area contributed by atoms with E-state index in [1.54, 1.807) is 0 Å².